The third-order valence-corrected chi connectivity index (χ3v) is 6.92. The molecule has 1 aliphatic heterocycles. The van der Waals surface area contributed by atoms with Gasteiger partial charge in [-0.1, -0.05) is 59.3 Å². The number of amides is 1. The number of hydrogen-bond acceptors (Lipinski definition) is 7. The monoisotopic (exact) mass is 489 g/mol. The summed E-state index contributed by atoms with van der Waals surface area (Å²) in [7, 11) is -4.29. The predicted molar refractivity (Wildman–Crippen MR) is 115 cm³/mol. The molecule has 0 saturated carbocycles. The van der Waals surface area contributed by atoms with Crippen molar-refractivity contribution < 1.29 is 18.1 Å². The van der Waals surface area contributed by atoms with Gasteiger partial charge in [-0.15, -0.1) is 4.83 Å². The lowest BCUT2D eigenvalue weighted by Gasteiger charge is -2.15. The molecule has 2 aromatic rings. The first-order valence-electron chi connectivity index (χ1n) is 7.58. The number of carbonyl (C=O) groups is 1. The molecule has 1 heterocycles. The average Bonchev–Trinajstić information content (AvgIpc) is 2.92. The van der Waals surface area contributed by atoms with Crippen molar-refractivity contribution in [1.82, 2.24) is 9.84 Å². The molecule has 2 aromatic carbocycles. The maximum atomic E-state index is 12.6. The van der Waals surface area contributed by atoms with Gasteiger partial charge in [-0.2, -0.15) is 0 Å². The molecular formula is C16H9Cl2N3O5S3. The number of hydrogen-bond donors (Lipinski definition) is 1. The molecule has 1 fully saturated rings. The van der Waals surface area contributed by atoms with E-state index >= 15 is 0 Å². The third kappa shape index (κ3) is 4.77. The lowest BCUT2D eigenvalue weighted by Crippen LogP contribution is -2.44. The fourth-order valence-electron chi connectivity index (χ4n) is 2.24. The molecule has 1 amide bonds. The van der Waals surface area contributed by atoms with Crippen LogP contribution in [0.15, 0.2) is 52.3 Å². The van der Waals surface area contributed by atoms with E-state index in [9.17, 15) is 23.3 Å². The summed E-state index contributed by atoms with van der Waals surface area (Å²) in [6.07, 6.45) is 1.49. The number of thioether (sulfide) groups is 1. The lowest BCUT2D eigenvalue weighted by atomic mass is 10.2. The van der Waals surface area contributed by atoms with E-state index in [2.05, 4.69) is 4.83 Å². The van der Waals surface area contributed by atoms with E-state index in [1.165, 1.54) is 18.2 Å². The van der Waals surface area contributed by atoms with Crippen molar-refractivity contribution in [1.29, 1.82) is 0 Å². The first-order valence-corrected chi connectivity index (χ1v) is 11.0. The van der Waals surface area contributed by atoms with Gasteiger partial charge in [-0.25, -0.2) is 13.4 Å². The normalized spacial score (nSPS) is 15.9. The summed E-state index contributed by atoms with van der Waals surface area (Å²) in [6.45, 7) is 0. The van der Waals surface area contributed by atoms with Crippen LogP contribution in [-0.4, -0.2) is 28.6 Å². The van der Waals surface area contributed by atoms with Gasteiger partial charge in [0.2, 0.25) is 0 Å². The first kappa shape index (κ1) is 21.7. The Labute approximate surface area is 184 Å². The van der Waals surface area contributed by atoms with Gasteiger partial charge in [-0.05, 0) is 29.8 Å². The van der Waals surface area contributed by atoms with Crippen LogP contribution in [-0.2, 0) is 14.8 Å². The van der Waals surface area contributed by atoms with Gasteiger partial charge in [0, 0.05) is 12.1 Å². The zero-order chi connectivity index (χ0) is 21.3. The number of thiocarbonyl (C=S) groups is 1. The molecule has 1 N–H and O–H groups in total. The molecule has 0 aromatic heterocycles. The van der Waals surface area contributed by atoms with Crippen molar-refractivity contribution >= 4 is 79.2 Å². The molecule has 0 bridgehead atoms. The Kier molecular flexibility index (Phi) is 6.27. The van der Waals surface area contributed by atoms with Gasteiger partial charge in [0.05, 0.1) is 24.8 Å². The van der Waals surface area contributed by atoms with E-state index in [1.54, 1.807) is 18.2 Å². The number of benzene rings is 2. The number of nitrogens with one attached hydrogen (secondary N) is 1. The van der Waals surface area contributed by atoms with E-state index in [0.717, 1.165) is 23.9 Å². The van der Waals surface area contributed by atoms with Gasteiger partial charge in [0.25, 0.3) is 21.6 Å². The second-order valence-corrected chi connectivity index (χ2v) is 9.69. The summed E-state index contributed by atoms with van der Waals surface area (Å²) < 4.78 is 25.1. The summed E-state index contributed by atoms with van der Waals surface area (Å²) in [5, 5.41) is 12.2. The Hall–Kier alpha value is -2.02. The number of hydrazine groups is 1. The van der Waals surface area contributed by atoms with Crippen molar-refractivity contribution in [3.63, 3.8) is 0 Å². The number of rotatable bonds is 5. The van der Waals surface area contributed by atoms with E-state index in [1.807, 2.05) is 0 Å². The Morgan fingerprint density at radius 3 is 2.55 bits per heavy atom. The summed E-state index contributed by atoms with van der Waals surface area (Å²) in [6, 6.07) is 9.16. The predicted octanol–water partition coefficient (Wildman–Crippen LogP) is 4.00. The number of sulfonamides is 1. The second-order valence-electron chi connectivity index (χ2n) is 5.54. The van der Waals surface area contributed by atoms with Crippen LogP contribution < -0.4 is 4.83 Å². The Bertz CT molecular complexity index is 1180. The van der Waals surface area contributed by atoms with E-state index in [0.29, 0.717) is 20.6 Å². The van der Waals surface area contributed by atoms with Gasteiger partial charge >= 0.3 is 0 Å². The van der Waals surface area contributed by atoms with Gasteiger partial charge in [0.1, 0.15) is 0 Å². The summed E-state index contributed by atoms with van der Waals surface area (Å²) in [4.78, 5) is 24.6. The van der Waals surface area contributed by atoms with E-state index in [-0.39, 0.29) is 14.1 Å². The molecule has 13 heteroatoms. The highest BCUT2D eigenvalue weighted by atomic mass is 35.5. The van der Waals surface area contributed by atoms with Crippen molar-refractivity contribution in [2.45, 2.75) is 4.90 Å². The van der Waals surface area contributed by atoms with Crippen molar-refractivity contribution in [2.75, 3.05) is 0 Å². The second kappa shape index (κ2) is 8.38. The zero-order valence-electron chi connectivity index (χ0n) is 14.0. The third-order valence-electron chi connectivity index (χ3n) is 3.59. The van der Waals surface area contributed by atoms with Crippen molar-refractivity contribution in [2.24, 2.45) is 0 Å². The minimum atomic E-state index is -4.29. The highest BCUT2D eigenvalue weighted by Crippen LogP contribution is 2.33. The Morgan fingerprint density at radius 2 is 1.90 bits per heavy atom. The number of carbonyl (C=O) groups excluding carboxylic acids is 1. The minimum Gasteiger partial charge on any atom is -0.267 e. The van der Waals surface area contributed by atoms with Crippen LogP contribution in [0.25, 0.3) is 6.08 Å². The first-order chi connectivity index (χ1) is 13.6. The van der Waals surface area contributed by atoms with Crippen LogP contribution in [0.4, 0.5) is 5.69 Å². The molecule has 0 aliphatic carbocycles. The number of nitro benzene ring substituents is 1. The molecule has 0 spiro atoms. The van der Waals surface area contributed by atoms with Crippen molar-refractivity contribution in [3.05, 3.63) is 73.1 Å². The molecular weight excluding hydrogens is 481 g/mol. The molecule has 150 valence electrons. The standard InChI is InChI=1S/C16H9Cl2N3O5S3/c17-12-5-4-9(6-13(12)18)7-14-15(22)20(16(27)28-14)19-29(25,26)11-3-1-2-10(8-11)21(23)24/h1-8,19H/b14-7+. The molecule has 29 heavy (non-hydrogen) atoms. The van der Waals surface area contributed by atoms with Crippen LogP contribution in [0.2, 0.25) is 10.0 Å². The molecule has 1 saturated heterocycles. The largest absolute Gasteiger partial charge is 0.281 e. The van der Waals surface area contributed by atoms with Gasteiger partial charge in [0.15, 0.2) is 4.32 Å². The van der Waals surface area contributed by atoms with Crippen LogP contribution in [0, 0.1) is 10.1 Å². The molecule has 1 aliphatic rings. The molecule has 3 rings (SSSR count). The van der Waals surface area contributed by atoms with Crippen LogP contribution in [0.1, 0.15) is 5.56 Å². The zero-order valence-corrected chi connectivity index (χ0v) is 18.0. The number of non-ortho nitro benzene ring substituents is 1. The summed E-state index contributed by atoms with van der Waals surface area (Å²) in [5.74, 6) is -0.694. The number of nitro groups is 1. The molecule has 8 nitrogen and oxygen atoms in total. The van der Waals surface area contributed by atoms with Crippen LogP contribution in [0.3, 0.4) is 0 Å². The topological polar surface area (TPSA) is 110 Å². The smallest absolute Gasteiger partial charge is 0.267 e. The van der Waals surface area contributed by atoms with E-state index in [4.69, 9.17) is 35.4 Å². The quantitative estimate of drug-likeness (QED) is 0.292. The van der Waals surface area contributed by atoms with Crippen molar-refractivity contribution in [3.8, 4) is 0 Å². The maximum absolute atomic E-state index is 12.6. The maximum Gasteiger partial charge on any atom is 0.281 e. The average molecular weight is 490 g/mol. The number of halogens is 2. The fraction of sp³-hybridized carbons (Fsp3) is 0. The van der Waals surface area contributed by atoms with Gasteiger partial charge in [-0.3, -0.25) is 14.9 Å². The fourth-order valence-corrected chi connectivity index (χ4v) is 4.89. The van der Waals surface area contributed by atoms with Crippen LogP contribution >= 0.6 is 47.2 Å². The van der Waals surface area contributed by atoms with Gasteiger partial charge < -0.3 is 0 Å². The minimum absolute atomic E-state index is 0.0460. The summed E-state index contributed by atoms with van der Waals surface area (Å²) >= 11 is 17.8. The number of nitrogens with zero attached hydrogens (tertiary/aromatic N) is 2. The molecule has 0 unspecified atom stereocenters. The molecule has 0 radical (unpaired) electrons. The highest BCUT2D eigenvalue weighted by molar-refractivity contribution is 8.26. The Morgan fingerprint density at radius 1 is 1.17 bits per heavy atom. The van der Waals surface area contributed by atoms with Crippen LogP contribution in [0.5, 0.6) is 0 Å². The summed E-state index contributed by atoms with van der Waals surface area (Å²) in [5.41, 5.74) is 0.166. The van der Waals surface area contributed by atoms with E-state index < -0.39 is 26.5 Å². The molecule has 0 atom stereocenters. The lowest BCUT2D eigenvalue weighted by molar-refractivity contribution is -0.385. The Balaban J connectivity index is 1.86. The highest BCUT2D eigenvalue weighted by Gasteiger charge is 2.35. The SMILES string of the molecule is O=C1/C(=C\c2ccc(Cl)c(Cl)c2)SC(=S)N1NS(=O)(=O)c1cccc([N+](=O)[O-])c1.